The Morgan fingerprint density at radius 1 is 1.25 bits per heavy atom. The van der Waals surface area contributed by atoms with Crippen LogP contribution in [0.1, 0.15) is 18.1 Å². The summed E-state index contributed by atoms with van der Waals surface area (Å²) in [7, 11) is 0. The molecule has 0 saturated heterocycles. The normalized spacial score (nSPS) is 12.9. The van der Waals surface area contributed by atoms with Crippen LogP contribution in [0.4, 0.5) is 0 Å². The van der Waals surface area contributed by atoms with Crippen LogP contribution in [0, 0.1) is 12.8 Å². The predicted octanol–water partition coefficient (Wildman–Crippen LogP) is 2.13. The summed E-state index contributed by atoms with van der Waals surface area (Å²) in [6, 6.07) is 8.67. The van der Waals surface area contributed by atoms with Gasteiger partial charge in [0.2, 0.25) is 0 Å². The molecule has 0 amide bonds. The van der Waals surface area contributed by atoms with E-state index in [-0.39, 0.29) is 0 Å². The molecule has 1 aromatic rings. The molecular weight excluding hydrogens is 146 g/mol. The molecule has 0 heterocycles. The molecule has 0 bridgehead atoms. The molecule has 66 valence electrons. The summed E-state index contributed by atoms with van der Waals surface area (Å²) in [5, 5.41) is 0. The number of rotatable bonds is 3. The lowest BCUT2D eigenvalue weighted by Crippen LogP contribution is -2.12. The van der Waals surface area contributed by atoms with E-state index in [9.17, 15) is 0 Å². The zero-order valence-corrected chi connectivity index (χ0v) is 7.88. The Labute approximate surface area is 74.6 Å². The zero-order chi connectivity index (χ0) is 8.97. The van der Waals surface area contributed by atoms with E-state index >= 15 is 0 Å². The van der Waals surface area contributed by atoms with Gasteiger partial charge in [0.05, 0.1) is 0 Å². The van der Waals surface area contributed by atoms with E-state index in [1.165, 1.54) is 11.1 Å². The highest BCUT2D eigenvalue weighted by Gasteiger charge is 1.99. The highest BCUT2D eigenvalue weighted by molar-refractivity contribution is 5.21. The minimum absolute atomic E-state index is 0.590. The van der Waals surface area contributed by atoms with Crippen LogP contribution in [0.5, 0.6) is 0 Å². The minimum atomic E-state index is 0.590. The first kappa shape index (κ1) is 9.27. The summed E-state index contributed by atoms with van der Waals surface area (Å²) in [6.45, 7) is 5.06. The average Bonchev–Trinajstić information content (AvgIpc) is 2.09. The largest absolute Gasteiger partial charge is 0.330 e. The van der Waals surface area contributed by atoms with Gasteiger partial charge in [0.15, 0.2) is 0 Å². The van der Waals surface area contributed by atoms with Gasteiger partial charge in [0, 0.05) is 0 Å². The fourth-order valence-corrected chi connectivity index (χ4v) is 1.21. The number of benzene rings is 1. The number of hydrogen-bond acceptors (Lipinski definition) is 1. The van der Waals surface area contributed by atoms with Crippen LogP contribution in [-0.4, -0.2) is 6.54 Å². The third kappa shape index (κ3) is 2.67. The third-order valence-electron chi connectivity index (χ3n) is 2.11. The fourth-order valence-electron chi connectivity index (χ4n) is 1.21. The standard InChI is InChI=1S/C11H17N/c1-9-3-5-11(6-4-9)7-10(2)8-12/h3-6,10H,7-8,12H2,1-2H3. The second-order valence-electron chi connectivity index (χ2n) is 3.53. The Morgan fingerprint density at radius 3 is 2.33 bits per heavy atom. The topological polar surface area (TPSA) is 26.0 Å². The Hall–Kier alpha value is -0.820. The summed E-state index contributed by atoms with van der Waals surface area (Å²) < 4.78 is 0. The second-order valence-corrected chi connectivity index (χ2v) is 3.53. The van der Waals surface area contributed by atoms with Crippen molar-refractivity contribution in [2.45, 2.75) is 20.3 Å². The molecule has 0 spiro atoms. The van der Waals surface area contributed by atoms with Gasteiger partial charge >= 0.3 is 0 Å². The lowest BCUT2D eigenvalue weighted by atomic mass is 10.0. The molecule has 0 fully saturated rings. The molecule has 1 heteroatoms. The van der Waals surface area contributed by atoms with Crippen LogP contribution in [0.2, 0.25) is 0 Å². The first-order chi connectivity index (χ1) is 5.72. The van der Waals surface area contributed by atoms with Gasteiger partial charge in [-0.3, -0.25) is 0 Å². The van der Waals surface area contributed by atoms with Crippen LogP contribution >= 0.6 is 0 Å². The Bertz CT molecular complexity index is 225. The maximum Gasteiger partial charge on any atom is -0.00483 e. The molecule has 0 radical (unpaired) electrons. The van der Waals surface area contributed by atoms with E-state index in [0.29, 0.717) is 5.92 Å². The van der Waals surface area contributed by atoms with Crippen molar-refractivity contribution in [3.05, 3.63) is 35.4 Å². The lowest BCUT2D eigenvalue weighted by Gasteiger charge is -2.07. The molecule has 1 rings (SSSR count). The van der Waals surface area contributed by atoms with Gasteiger partial charge in [-0.1, -0.05) is 36.8 Å². The van der Waals surface area contributed by atoms with Crippen molar-refractivity contribution in [3.8, 4) is 0 Å². The first-order valence-electron chi connectivity index (χ1n) is 4.48. The van der Waals surface area contributed by atoms with Crippen LogP contribution in [0.3, 0.4) is 0 Å². The van der Waals surface area contributed by atoms with E-state index in [1.54, 1.807) is 0 Å². The number of nitrogens with two attached hydrogens (primary N) is 1. The summed E-state index contributed by atoms with van der Waals surface area (Å²) in [5.41, 5.74) is 8.26. The van der Waals surface area contributed by atoms with E-state index in [2.05, 4.69) is 38.1 Å². The Kier molecular flexibility index (Phi) is 3.30. The molecule has 0 aliphatic rings. The summed E-state index contributed by atoms with van der Waals surface area (Å²) >= 11 is 0. The zero-order valence-electron chi connectivity index (χ0n) is 7.88. The van der Waals surface area contributed by atoms with E-state index < -0.39 is 0 Å². The SMILES string of the molecule is Cc1ccc(CC(C)CN)cc1. The number of hydrogen-bond donors (Lipinski definition) is 1. The van der Waals surface area contributed by atoms with Crippen molar-refractivity contribution in [1.82, 2.24) is 0 Å². The van der Waals surface area contributed by atoms with Crippen molar-refractivity contribution in [2.75, 3.05) is 6.54 Å². The van der Waals surface area contributed by atoms with Gasteiger partial charge in [0.25, 0.3) is 0 Å². The molecule has 0 saturated carbocycles. The van der Waals surface area contributed by atoms with Crippen molar-refractivity contribution >= 4 is 0 Å². The van der Waals surface area contributed by atoms with Gasteiger partial charge in [0.1, 0.15) is 0 Å². The maximum absolute atomic E-state index is 5.55. The molecule has 2 N–H and O–H groups in total. The van der Waals surface area contributed by atoms with Crippen LogP contribution in [0.15, 0.2) is 24.3 Å². The van der Waals surface area contributed by atoms with Crippen molar-refractivity contribution < 1.29 is 0 Å². The van der Waals surface area contributed by atoms with Gasteiger partial charge in [-0.15, -0.1) is 0 Å². The second kappa shape index (κ2) is 4.27. The third-order valence-corrected chi connectivity index (χ3v) is 2.11. The van der Waals surface area contributed by atoms with Crippen molar-refractivity contribution in [1.29, 1.82) is 0 Å². The van der Waals surface area contributed by atoms with Crippen LogP contribution in [-0.2, 0) is 6.42 Å². The summed E-state index contributed by atoms with van der Waals surface area (Å²) in [5.74, 6) is 0.590. The molecule has 0 aromatic heterocycles. The monoisotopic (exact) mass is 163 g/mol. The van der Waals surface area contributed by atoms with Crippen LogP contribution < -0.4 is 5.73 Å². The summed E-state index contributed by atoms with van der Waals surface area (Å²) in [6.07, 6.45) is 1.09. The smallest absolute Gasteiger partial charge is 0.00483 e. The van der Waals surface area contributed by atoms with Crippen molar-refractivity contribution in [2.24, 2.45) is 11.7 Å². The van der Waals surface area contributed by atoms with Gasteiger partial charge in [-0.2, -0.15) is 0 Å². The average molecular weight is 163 g/mol. The first-order valence-corrected chi connectivity index (χ1v) is 4.48. The minimum Gasteiger partial charge on any atom is -0.330 e. The molecule has 1 nitrogen and oxygen atoms in total. The van der Waals surface area contributed by atoms with Gasteiger partial charge in [-0.25, -0.2) is 0 Å². The van der Waals surface area contributed by atoms with Gasteiger partial charge < -0.3 is 5.73 Å². The van der Waals surface area contributed by atoms with Crippen LogP contribution in [0.25, 0.3) is 0 Å². The molecule has 1 aromatic carbocycles. The van der Waals surface area contributed by atoms with Gasteiger partial charge in [-0.05, 0) is 31.4 Å². The molecule has 1 atom stereocenters. The number of aryl methyl sites for hydroxylation is 1. The lowest BCUT2D eigenvalue weighted by molar-refractivity contribution is 0.593. The molecular formula is C11H17N. The van der Waals surface area contributed by atoms with E-state index in [0.717, 1.165) is 13.0 Å². The Morgan fingerprint density at radius 2 is 1.83 bits per heavy atom. The summed E-state index contributed by atoms with van der Waals surface area (Å²) in [4.78, 5) is 0. The fraction of sp³-hybridized carbons (Fsp3) is 0.455. The van der Waals surface area contributed by atoms with Crippen molar-refractivity contribution in [3.63, 3.8) is 0 Å². The highest BCUT2D eigenvalue weighted by Crippen LogP contribution is 2.08. The predicted molar refractivity (Wildman–Crippen MR) is 53.1 cm³/mol. The molecule has 12 heavy (non-hydrogen) atoms. The molecule has 0 aliphatic heterocycles. The highest BCUT2D eigenvalue weighted by atomic mass is 14.5. The molecule has 0 aliphatic carbocycles. The Balaban J connectivity index is 2.58. The molecule has 1 unspecified atom stereocenters. The van der Waals surface area contributed by atoms with E-state index in [1.807, 2.05) is 0 Å². The van der Waals surface area contributed by atoms with E-state index in [4.69, 9.17) is 5.73 Å². The maximum atomic E-state index is 5.55. The quantitative estimate of drug-likeness (QED) is 0.725.